The van der Waals surface area contributed by atoms with E-state index in [1.54, 1.807) is 50.1 Å². The lowest BCUT2D eigenvalue weighted by molar-refractivity contribution is -0.135. The van der Waals surface area contributed by atoms with Gasteiger partial charge in [-0.1, -0.05) is 29.8 Å². The monoisotopic (exact) mass is 514 g/mol. The Morgan fingerprint density at radius 2 is 1.69 bits per heavy atom. The van der Waals surface area contributed by atoms with Crippen molar-refractivity contribution < 1.29 is 22.7 Å². The smallest absolute Gasteiger partial charge is 0.265 e. The fraction of sp³-hybridized carbons (Fsp3) is 0.462. The molecule has 0 saturated carbocycles. The summed E-state index contributed by atoms with van der Waals surface area (Å²) in [7, 11) is -2.49. The van der Waals surface area contributed by atoms with Gasteiger partial charge in [0.1, 0.15) is 6.04 Å². The minimum Gasteiger partial charge on any atom is -0.383 e. The maximum Gasteiger partial charge on any atom is 0.265 e. The van der Waals surface area contributed by atoms with E-state index >= 15 is 0 Å². The number of piperazine rings is 1. The van der Waals surface area contributed by atoms with Gasteiger partial charge in [0.25, 0.3) is 10.0 Å². The molecule has 2 aliphatic heterocycles. The van der Waals surface area contributed by atoms with Gasteiger partial charge in [-0.2, -0.15) is 0 Å². The number of sulfonamides is 1. The Morgan fingerprint density at radius 1 is 1.06 bits per heavy atom. The number of carbonyl (C=O) groups excluding carboxylic acids is 2. The van der Waals surface area contributed by atoms with E-state index in [0.717, 1.165) is 16.4 Å². The predicted molar refractivity (Wildman–Crippen MR) is 139 cm³/mol. The maximum absolute atomic E-state index is 14.2. The normalized spacial score (nSPS) is 18.7. The van der Waals surface area contributed by atoms with Crippen molar-refractivity contribution in [2.24, 2.45) is 0 Å². The summed E-state index contributed by atoms with van der Waals surface area (Å²) in [6.45, 7) is 9.31. The molecular weight excluding hydrogens is 480 g/mol. The molecule has 36 heavy (non-hydrogen) atoms. The summed E-state index contributed by atoms with van der Waals surface area (Å²) in [6.07, 6.45) is -0.235. The fourth-order valence-corrected chi connectivity index (χ4v) is 7.19. The van der Waals surface area contributed by atoms with Gasteiger partial charge in [0.05, 0.1) is 29.3 Å². The average Bonchev–Trinajstić information content (AvgIpc) is 2.82. The van der Waals surface area contributed by atoms with E-state index in [4.69, 9.17) is 4.74 Å². The highest BCUT2D eigenvalue weighted by Crippen LogP contribution is 2.39. The Kier molecular flexibility index (Phi) is 7.67. The number of nitrogens with one attached hydrogen (secondary N) is 1. The molecule has 9 nitrogen and oxygen atoms in total. The summed E-state index contributed by atoms with van der Waals surface area (Å²) in [5.41, 5.74) is 2.93. The zero-order valence-electron chi connectivity index (χ0n) is 21.3. The molecule has 0 aromatic heterocycles. The summed E-state index contributed by atoms with van der Waals surface area (Å²) in [4.78, 5) is 30.7. The van der Waals surface area contributed by atoms with Crippen molar-refractivity contribution in [2.75, 3.05) is 56.1 Å². The van der Waals surface area contributed by atoms with Gasteiger partial charge in [0.2, 0.25) is 11.8 Å². The van der Waals surface area contributed by atoms with E-state index in [9.17, 15) is 18.0 Å². The van der Waals surface area contributed by atoms with E-state index in [1.165, 1.54) is 0 Å². The lowest BCUT2D eigenvalue weighted by atomic mass is 10.1. The highest BCUT2D eigenvalue weighted by atomic mass is 32.2. The quantitative estimate of drug-likeness (QED) is 0.609. The van der Waals surface area contributed by atoms with Crippen LogP contribution >= 0.6 is 0 Å². The molecule has 10 heteroatoms. The molecule has 194 valence electrons. The third-order valence-electron chi connectivity index (χ3n) is 6.81. The molecular formula is C26H34N4O5S. The molecule has 2 amide bonds. The van der Waals surface area contributed by atoms with Crippen LogP contribution < -0.4 is 9.62 Å². The predicted octanol–water partition coefficient (Wildman–Crippen LogP) is 2.31. The Bertz CT molecular complexity index is 1230. The van der Waals surface area contributed by atoms with Gasteiger partial charge in [-0.05, 0) is 44.0 Å². The number of aryl methyl sites for hydroxylation is 3. The lowest BCUT2D eigenvalue weighted by Crippen LogP contribution is -2.55. The van der Waals surface area contributed by atoms with Crippen LogP contribution in [0.25, 0.3) is 0 Å². The highest BCUT2D eigenvalue weighted by molar-refractivity contribution is 7.93. The van der Waals surface area contributed by atoms with Crippen LogP contribution in [0.5, 0.6) is 0 Å². The van der Waals surface area contributed by atoms with Gasteiger partial charge in [-0.3, -0.25) is 18.8 Å². The van der Waals surface area contributed by atoms with E-state index in [0.29, 0.717) is 55.3 Å². The number of carbonyl (C=O) groups is 2. The average molecular weight is 515 g/mol. The van der Waals surface area contributed by atoms with Crippen LogP contribution in [-0.4, -0.2) is 82.5 Å². The molecule has 0 radical (unpaired) electrons. The number of methoxy groups -OCH3 is 1. The number of para-hydroxylation sites is 2. The largest absolute Gasteiger partial charge is 0.383 e. The zero-order valence-corrected chi connectivity index (χ0v) is 22.1. The number of hydrogen-bond acceptors (Lipinski definition) is 6. The molecule has 1 N–H and O–H groups in total. The van der Waals surface area contributed by atoms with Crippen LogP contribution in [0, 0.1) is 20.8 Å². The summed E-state index contributed by atoms with van der Waals surface area (Å²) >= 11 is 0. The minimum atomic E-state index is -4.15. The molecule has 1 saturated heterocycles. The van der Waals surface area contributed by atoms with Crippen LogP contribution in [0.15, 0.2) is 41.3 Å². The lowest BCUT2D eigenvalue weighted by Gasteiger charge is -2.39. The van der Waals surface area contributed by atoms with Crippen molar-refractivity contribution in [1.82, 2.24) is 9.80 Å². The molecule has 4 rings (SSSR count). The topological polar surface area (TPSA) is 99.3 Å². The van der Waals surface area contributed by atoms with Crippen LogP contribution in [0.3, 0.4) is 0 Å². The molecule has 0 aliphatic carbocycles. The number of fused-ring (bicyclic) bond motifs is 1. The summed E-state index contributed by atoms with van der Waals surface area (Å²) in [6, 6.07) is 9.24. The molecule has 2 aliphatic rings. The summed E-state index contributed by atoms with van der Waals surface area (Å²) < 4.78 is 34.6. The number of ether oxygens (including phenoxy) is 1. The maximum atomic E-state index is 14.2. The molecule has 1 fully saturated rings. The Hall–Kier alpha value is -2.95. The highest BCUT2D eigenvalue weighted by Gasteiger charge is 2.43. The Labute approximate surface area is 213 Å². The molecule has 2 heterocycles. The Balaban J connectivity index is 1.66. The second-order valence-electron chi connectivity index (χ2n) is 9.47. The van der Waals surface area contributed by atoms with Crippen LogP contribution in [-0.2, 0) is 24.3 Å². The van der Waals surface area contributed by atoms with Crippen LogP contribution in [0.2, 0.25) is 0 Å². The van der Waals surface area contributed by atoms with E-state index in [1.807, 2.05) is 19.1 Å². The molecule has 1 unspecified atom stereocenters. The van der Waals surface area contributed by atoms with E-state index in [2.05, 4.69) is 10.2 Å². The molecule has 2 aromatic rings. The number of benzene rings is 2. The molecule has 1 atom stereocenters. The molecule has 0 spiro atoms. The first-order chi connectivity index (χ1) is 17.1. The number of hydrogen-bond donors (Lipinski definition) is 1. The SMILES string of the molecule is COCCN1CCN(C(=O)CC2C(=O)Nc3ccccc3N2S(=O)(=O)c2c(C)cc(C)cc2C)CC1. The first kappa shape index (κ1) is 26.1. The standard InChI is InChI=1S/C26H34N4O5S/c1-18-15-19(2)25(20(3)16-18)36(33,34)30-22-8-6-5-7-21(22)27-26(32)23(30)17-24(31)29-11-9-28(10-12-29)13-14-35-4/h5-8,15-16,23H,9-14,17H2,1-4H3,(H,27,32). The van der Waals surface area contributed by atoms with E-state index < -0.39 is 22.0 Å². The number of rotatable bonds is 7. The third kappa shape index (κ3) is 5.11. The third-order valence-corrected chi connectivity index (χ3v) is 8.94. The summed E-state index contributed by atoms with van der Waals surface area (Å²) in [5, 5.41) is 2.80. The second-order valence-corrected chi connectivity index (χ2v) is 11.2. The van der Waals surface area contributed by atoms with Crippen molar-refractivity contribution in [2.45, 2.75) is 38.1 Å². The van der Waals surface area contributed by atoms with Crippen molar-refractivity contribution in [1.29, 1.82) is 0 Å². The Morgan fingerprint density at radius 3 is 2.33 bits per heavy atom. The molecule has 2 aromatic carbocycles. The van der Waals surface area contributed by atoms with Gasteiger partial charge in [0.15, 0.2) is 0 Å². The zero-order chi connectivity index (χ0) is 26.0. The van der Waals surface area contributed by atoms with Gasteiger partial charge < -0.3 is 15.0 Å². The molecule has 0 bridgehead atoms. The number of amides is 2. The van der Waals surface area contributed by atoms with Gasteiger partial charge in [0, 0.05) is 39.8 Å². The van der Waals surface area contributed by atoms with Crippen LogP contribution in [0.1, 0.15) is 23.1 Å². The fourth-order valence-electron chi connectivity index (χ4n) is 5.14. The first-order valence-electron chi connectivity index (χ1n) is 12.1. The van der Waals surface area contributed by atoms with Gasteiger partial charge in [-0.15, -0.1) is 0 Å². The van der Waals surface area contributed by atoms with Crippen molar-refractivity contribution in [3.63, 3.8) is 0 Å². The van der Waals surface area contributed by atoms with Gasteiger partial charge in [-0.25, -0.2) is 8.42 Å². The van der Waals surface area contributed by atoms with Crippen molar-refractivity contribution >= 4 is 33.2 Å². The second kappa shape index (κ2) is 10.6. The van der Waals surface area contributed by atoms with E-state index in [-0.39, 0.29) is 17.2 Å². The minimum absolute atomic E-state index is 0.168. The van der Waals surface area contributed by atoms with Crippen molar-refractivity contribution in [3.8, 4) is 0 Å². The summed E-state index contributed by atoms with van der Waals surface area (Å²) in [5.74, 6) is -0.745. The number of anilines is 2. The van der Waals surface area contributed by atoms with Gasteiger partial charge >= 0.3 is 0 Å². The first-order valence-corrected chi connectivity index (χ1v) is 13.6. The van der Waals surface area contributed by atoms with Crippen molar-refractivity contribution in [3.05, 3.63) is 53.1 Å². The van der Waals surface area contributed by atoms with Crippen LogP contribution in [0.4, 0.5) is 11.4 Å². The number of nitrogens with zero attached hydrogens (tertiary/aromatic N) is 3.